The van der Waals surface area contributed by atoms with Crippen molar-refractivity contribution in [2.45, 2.75) is 11.8 Å². The summed E-state index contributed by atoms with van der Waals surface area (Å²) in [7, 11) is -2.89. The van der Waals surface area contributed by atoms with E-state index in [4.69, 9.17) is 4.74 Å². The third-order valence-corrected chi connectivity index (χ3v) is 7.67. The Bertz CT molecular complexity index is 1570. The summed E-state index contributed by atoms with van der Waals surface area (Å²) < 4.78 is 33.6. The van der Waals surface area contributed by atoms with Gasteiger partial charge in [0.25, 0.3) is 15.7 Å². The summed E-state index contributed by atoms with van der Waals surface area (Å²) in [6.07, 6.45) is 0. The number of rotatable bonds is 9. The van der Waals surface area contributed by atoms with E-state index in [2.05, 4.69) is 5.32 Å². The monoisotopic (exact) mass is 531 g/mol. The number of nitrogens with one attached hydrogen (secondary N) is 1. The molecule has 0 atom stereocenters. The molecule has 0 aliphatic heterocycles. The number of hydrogen-bond acceptors (Lipinski definition) is 6. The number of anilines is 2. The first-order valence-electron chi connectivity index (χ1n) is 11.6. The summed E-state index contributed by atoms with van der Waals surface area (Å²) in [5.74, 6) is -0.0901. The number of hydrogen-bond donors (Lipinski definition) is 1. The van der Waals surface area contributed by atoms with E-state index in [1.54, 1.807) is 24.3 Å². The van der Waals surface area contributed by atoms with Gasteiger partial charge in [-0.05, 0) is 48.9 Å². The first-order valence-corrected chi connectivity index (χ1v) is 13.0. The number of carbonyl (C=O) groups is 1. The molecule has 9 nitrogen and oxygen atoms in total. The maximum atomic E-state index is 13.7. The molecule has 0 aliphatic carbocycles. The molecule has 0 bridgehead atoms. The number of carbonyl (C=O) groups excluding carboxylic acids is 1. The smallest absolute Gasteiger partial charge is 0.273 e. The van der Waals surface area contributed by atoms with Gasteiger partial charge in [-0.1, -0.05) is 54.6 Å². The Morgan fingerprint density at radius 3 is 2.26 bits per heavy atom. The largest absolute Gasteiger partial charge is 0.497 e. The summed E-state index contributed by atoms with van der Waals surface area (Å²) in [5.41, 5.74) is 2.36. The number of methoxy groups -OCH3 is 1. The van der Waals surface area contributed by atoms with Crippen LogP contribution >= 0.6 is 0 Å². The number of ether oxygens (including phenoxy) is 1. The molecule has 194 valence electrons. The van der Waals surface area contributed by atoms with E-state index >= 15 is 0 Å². The van der Waals surface area contributed by atoms with E-state index < -0.39 is 27.4 Å². The van der Waals surface area contributed by atoms with Gasteiger partial charge in [-0.2, -0.15) is 0 Å². The normalized spacial score (nSPS) is 11.0. The highest BCUT2D eigenvalue weighted by Crippen LogP contribution is 2.30. The Morgan fingerprint density at radius 1 is 0.947 bits per heavy atom. The highest BCUT2D eigenvalue weighted by Gasteiger charge is 2.29. The van der Waals surface area contributed by atoms with E-state index in [0.717, 1.165) is 21.5 Å². The SMILES string of the molecule is COc1ccc(N(CC(=O)Nc2ccccc2-c2ccccc2)S(=O)(=O)c2ccc(C)c([N+](=O)[O-])c2)cc1. The second-order valence-corrected chi connectivity index (χ2v) is 10.2. The van der Waals surface area contributed by atoms with Crippen molar-refractivity contribution in [2.75, 3.05) is 23.3 Å². The van der Waals surface area contributed by atoms with E-state index in [9.17, 15) is 23.3 Å². The van der Waals surface area contributed by atoms with Crippen LogP contribution in [0.1, 0.15) is 5.56 Å². The van der Waals surface area contributed by atoms with Crippen molar-refractivity contribution in [2.24, 2.45) is 0 Å². The molecule has 0 aliphatic rings. The van der Waals surface area contributed by atoms with Crippen molar-refractivity contribution in [1.29, 1.82) is 0 Å². The standard InChI is InChI=1S/C28H25N3O6S/c1-20-12-17-24(18-27(20)31(33)34)38(35,36)30(22-13-15-23(37-2)16-14-22)19-28(32)29-26-11-7-6-10-25(26)21-8-4-3-5-9-21/h3-18H,19H2,1-2H3,(H,29,32). The fraction of sp³-hybridized carbons (Fsp3) is 0.107. The number of para-hydroxylation sites is 1. The van der Waals surface area contributed by atoms with Crippen LogP contribution < -0.4 is 14.4 Å². The van der Waals surface area contributed by atoms with E-state index in [0.29, 0.717) is 17.0 Å². The molecule has 0 aromatic heterocycles. The average Bonchev–Trinajstić information content (AvgIpc) is 2.92. The molecule has 0 spiro atoms. The molecule has 0 saturated heterocycles. The molecule has 0 radical (unpaired) electrons. The Kier molecular flexibility index (Phi) is 7.73. The predicted octanol–water partition coefficient (Wildman–Crippen LogP) is 5.41. The van der Waals surface area contributed by atoms with Gasteiger partial charge in [0.15, 0.2) is 0 Å². The molecule has 4 aromatic carbocycles. The molecule has 1 amide bonds. The van der Waals surface area contributed by atoms with Crippen molar-refractivity contribution < 1.29 is 22.9 Å². The summed E-state index contributed by atoms with van der Waals surface area (Å²) in [5, 5.41) is 14.3. The molecule has 0 saturated carbocycles. The van der Waals surface area contributed by atoms with Crippen molar-refractivity contribution in [3.05, 3.63) is 113 Å². The molecule has 1 N–H and O–H groups in total. The summed E-state index contributed by atoms with van der Waals surface area (Å²) in [6, 6.07) is 26.5. The van der Waals surface area contributed by atoms with Crippen LogP contribution in [0.3, 0.4) is 0 Å². The maximum Gasteiger partial charge on any atom is 0.273 e. The van der Waals surface area contributed by atoms with Crippen LogP contribution in [-0.2, 0) is 14.8 Å². The summed E-state index contributed by atoms with van der Waals surface area (Å²) in [4.78, 5) is 23.8. The number of nitro benzene ring substituents is 1. The van der Waals surface area contributed by atoms with Crippen molar-refractivity contribution in [3.8, 4) is 16.9 Å². The van der Waals surface area contributed by atoms with Crippen LogP contribution in [0, 0.1) is 17.0 Å². The molecular formula is C28H25N3O6S. The van der Waals surface area contributed by atoms with Gasteiger partial charge >= 0.3 is 0 Å². The first kappa shape index (κ1) is 26.4. The zero-order valence-electron chi connectivity index (χ0n) is 20.7. The maximum absolute atomic E-state index is 13.7. The Balaban J connectivity index is 1.71. The van der Waals surface area contributed by atoms with Crippen LogP contribution in [0.2, 0.25) is 0 Å². The Hall–Kier alpha value is -4.70. The number of nitrogens with zero attached hydrogens (tertiary/aromatic N) is 2. The van der Waals surface area contributed by atoms with Gasteiger partial charge in [-0.3, -0.25) is 19.2 Å². The van der Waals surface area contributed by atoms with Gasteiger partial charge < -0.3 is 10.1 Å². The molecule has 0 unspecified atom stereocenters. The van der Waals surface area contributed by atoms with Gasteiger partial charge in [-0.15, -0.1) is 0 Å². The molecular weight excluding hydrogens is 506 g/mol. The second-order valence-electron chi connectivity index (χ2n) is 8.37. The number of aryl methyl sites for hydroxylation is 1. The molecule has 10 heteroatoms. The van der Waals surface area contributed by atoms with E-state index in [-0.39, 0.29) is 16.3 Å². The fourth-order valence-electron chi connectivity index (χ4n) is 3.92. The zero-order valence-corrected chi connectivity index (χ0v) is 21.5. The van der Waals surface area contributed by atoms with Crippen molar-refractivity contribution in [3.63, 3.8) is 0 Å². The minimum absolute atomic E-state index is 0.195. The van der Waals surface area contributed by atoms with Gasteiger partial charge in [-0.25, -0.2) is 8.42 Å². The van der Waals surface area contributed by atoms with Crippen LogP contribution in [0.25, 0.3) is 11.1 Å². The van der Waals surface area contributed by atoms with Crippen LogP contribution in [0.15, 0.2) is 102 Å². The molecule has 4 aromatic rings. The minimum Gasteiger partial charge on any atom is -0.497 e. The first-order chi connectivity index (χ1) is 18.2. The van der Waals surface area contributed by atoms with Crippen LogP contribution in [0.4, 0.5) is 17.1 Å². The topological polar surface area (TPSA) is 119 Å². The van der Waals surface area contributed by atoms with Crippen molar-refractivity contribution in [1.82, 2.24) is 0 Å². The van der Waals surface area contributed by atoms with Gasteiger partial charge in [0.05, 0.1) is 22.6 Å². The number of sulfonamides is 1. The Labute approximate surface area is 220 Å². The van der Waals surface area contributed by atoms with Gasteiger partial charge in [0.1, 0.15) is 12.3 Å². The second kappa shape index (κ2) is 11.1. The summed E-state index contributed by atoms with van der Waals surface area (Å²) in [6.45, 7) is 0.951. The van der Waals surface area contributed by atoms with Gasteiger partial charge in [0.2, 0.25) is 5.91 Å². The van der Waals surface area contributed by atoms with Crippen LogP contribution in [-0.4, -0.2) is 32.9 Å². The van der Waals surface area contributed by atoms with Crippen LogP contribution in [0.5, 0.6) is 5.75 Å². The minimum atomic E-state index is -4.37. The third kappa shape index (κ3) is 5.65. The lowest BCUT2D eigenvalue weighted by atomic mass is 10.0. The molecule has 0 heterocycles. The quantitative estimate of drug-likeness (QED) is 0.228. The number of nitro groups is 1. The predicted molar refractivity (Wildman–Crippen MR) is 146 cm³/mol. The Morgan fingerprint density at radius 2 is 1.61 bits per heavy atom. The third-order valence-electron chi connectivity index (χ3n) is 5.90. The summed E-state index contributed by atoms with van der Waals surface area (Å²) >= 11 is 0. The molecule has 38 heavy (non-hydrogen) atoms. The lowest BCUT2D eigenvalue weighted by Gasteiger charge is -2.24. The average molecular weight is 532 g/mol. The number of benzene rings is 4. The highest BCUT2D eigenvalue weighted by molar-refractivity contribution is 7.92. The fourth-order valence-corrected chi connectivity index (χ4v) is 5.36. The lowest BCUT2D eigenvalue weighted by molar-refractivity contribution is -0.385. The van der Waals surface area contributed by atoms with Gasteiger partial charge in [0, 0.05) is 22.9 Å². The lowest BCUT2D eigenvalue weighted by Crippen LogP contribution is -2.38. The highest BCUT2D eigenvalue weighted by atomic mass is 32.2. The number of amides is 1. The molecule has 0 fully saturated rings. The zero-order chi connectivity index (χ0) is 27.3. The van der Waals surface area contributed by atoms with E-state index in [1.165, 1.54) is 38.3 Å². The van der Waals surface area contributed by atoms with Crippen molar-refractivity contribution >= 4 is 33.0 Å². The van der Waals surface area contributed by atoms with E-state index in [1.807, 2.05) is 42.5 Å². The molecule has 4 rings (SSSR count).